The Morgan fingerprint density at radius 2 is 1.70 bits per heavy atom. The second-order valence-corrected chi connectivity index (χ2v) is 7.60. The van der Waals surface area contributed by atoms with Crippen LogP contribution in [0.5, 0.6) is 0 Å². The summed E-state index contributed by atoms with van der Waals surface area (Å²) in [5.74, 6) is -0.215. The standard InChI is InChI=1S/C24H24N4O2/c1-16-14-26-21(15-25-16)24(30)27-17(2)13-23(20-11-7-8-12-22(20)27)28(18(3)29)19-9-5-4-6-10-19/h4-12,14-15,17,23H,13H2,1-3H3/t17-,23+/m0/s1. The summed E-state index contributed by atoms with van der Waals surface area (Å²) >= 11 is 0. The summed E-state index contributed by atoms with van der Waals surface area (Å²) in [7, 11) is 0. The average Bonchev–Trinajstić information content (AvgIpc) is 2.74. The highest BCUT2D eigenvalue weighted by molar-refractivity contribution is 6.06. The normalized spacial score (nSPS) is 17.9. The van der Waals surface area contributed by atoms with Gasteiger partial charge in [0.1, 0.15) is 5.69 Å². The van der Waals surface area contributed by atoms with E-state index in [0.717, 1.165) is 22.6 Å². The number of benzene rings is 2. The minimum atomic E-state index is -0.185. The van der Waals surface area contributed by atoms with E-state index < -0.39 is 0 Å². The second kappa shape index (κ2) is 8.06. The Balaban J connectivity index is 1.77. The molecular formula is C24H24N4O2. The van der Waals surface area contributed by atoms with Gasteiger partial charge in [0.25, 0.3) is 5.91 Å². The van der Waals surface area contributed by atoms with E-state index in [4.69, 9.17) is 0 Å². The number of rotatable bonds is 3. The highest BCUT2D eigenvalue weighted by atomic mass is 16.2. The van der Waals surface area contributed by atoms with Gasteiger partial charge in [-0.15, -0.1) is 0 Å². The molecule has 0 bridgehead atoms. The van der Waals surface area contributed by atoms with Crippen molar-refractivity contribution in [1.29, 1.82) is 0 Å². The number of para-hydroxylation sites is 2. The van der Waals surface area contributed by atoms with Gasteiger partial charge in [-0.05, 0) is 44.0 Å². The first-order chi connectivity index (χ1) is 14.5. The van der Waals surface area contributed by atoms with Crippen molar-refractivity contribution in [1.82, 2.24) is 9.97 Å². The van der Waals surface area contributed by atoms with Gasteiger partial charge < -0.3 is 9.80 Å². The molecule has 0 radical (unpaired) electrons. The summed E-state index contributed by atoms with van der Waals surface area (Å²) in [6, 6.07) is 17.2. The lowest BCUT2D eigenvalue weighted by atomic mass is 9.89. The lowest BCUT2D eigenvalue weighted by Crippen LogP contribution is -2.47. The number of carbonyl (C=O) groups excluding carboxylic acids is 2. The molecule has 4 rings (SSSR count). The molecule has 1 aliphatic rings. The van der Waals surface area contributed by atoms with Crippen LogP contribution in [0, 0.1) is 6.92 Å². The molecule has 152 valence electrons. The van der Waals surface area contributed by atoms with Crippen LogP contribution >= 0.6 is 0 Å². The lowest BCUT2D eigenvalue weighted by Gasteiger charge is -2.43. The number of carbonyl (C=O) groups is 2. The van der Waals surface area contributed by atoms with Gasteiger partial charge in [-0.25, -0.2) is 4.98 Å². The molecule has 0 saturated carbocycles. The van der Waals surface area contributed by atoms with Gasteiger partial charge in [0, 0.05) is 30.5 Å². The Hall–Kier alpha value is -3.54. The highest BCUT2D eigenvalue weighted by Gasteiger charge is 2.38. The molecule has 2 aromatic carbocycles. The van der Waals surface area contributed by atoms with Crippen LogP contribution in [0.25, 0.3) is 0 Å². The lowest BCUT2D eigenvalue weighted by molar-refractivity contribution is -0.117. The molecule has 0 aliphatic carbocycles. The van der Waals surface area contributed by atoms with Gasteiger partial charge in [0.15, 0.2) is 0 Å². The largest absolute Gasteiger partial charge is 0.305 e. The predicted molar refractivity (Wildman–Crippen MR) is 116 cm³/mol. The summed E-state index contributed by atoms with van der Waals surface area (Å²) in [4.78, 5) is 38.0. The third-order valence-electron chi connectivity index (χ3n) is 5.46. The number of hydrogen-bond donors (Lipinski definition) is 0. The van der Waals surface area contributed by atoms with Gasteiger partial charge in [-0.3, -0.25) is 14.6 Å². The summed E-state index contributed by atoms with van der Waals surface area (Å²) in [6.07, 6.45) is 3.74. The van der Waals surface area contributed by atoms with Crippen LogP contribution in [0.4, 0.5) is 11.4 Å². The van der Waals surface area contributed by atoms with Crippen molar-refractivity contribution in [3.8, 4) is 0 Å². The van der Waals surface area contributed by atoms with Crippen LogP contribution in [0.2, 0.25) is 0 Å². The average molecular weight is 400 g/mol. The fourth-order valence-electron chi connectivity index (χ4n) is 4.13. The number of aromatic nitrogens is 2. The molecule has 0 N–H and O–H groups in total. The first-order valence-electron chi connectivity index (χ1n) is 10.0. The molecule has 2 atom stereocenters. The minimum Gasteiger partial charge on any atom is -0.305 e. The topological polar surface area (TPSA) is 66.4 Å². The van der Waals surface area contributed by atoms with Crippen molar-refractivity contribution in [3.63, 3.8) is 0 Å². The molecule has 1 aromatic heterocycles. The SMILES string of the molecule is CC(=O)N(c1ccccc1)[C@@H]1C[C@H](C)N(C(=O)c2cnc(C)cn2)c2ccccc21. The number of anilines is 2. The molecule has 1 aliphatic heterocycles. The Labute approximate surface area is 176 Å². The van der Waals surface area contributed by atoms with Gasteiger partial charge in [0.2, 0.25) is 5.91 Å². The van der Waals surface area contributed by atoms with Gasteiger partial charge in [0.05, 0.1) is 17.9 Å². The van der Waals surface area contributed by atoms with Gasteiger partial charge >= 0.3 is 0 Å². The third-order valence-corrected chi connectivity index (χ3v) is 5.46. The molecule has 2 heterocycles. The minimum absolute atomic E-state index is 0.0302. The smallest absolute Gasteiger partial charge is 0.278 e. The maximum atomic E-state index is 13.3. The van der Waals surface area contributed by atoms with Gasteiger partial charge in [-0.1, -0.05) is 36.4 Å². The Morgan fingerprint density at radius 1 is 1.00 bits per heavy atom. The maximum absolute atomic E-state index is 13.3. The molecule has 0 saturated heterocycles. The van der Waals surface area contributed by atoms with Crippen LogP contribution in [0.3, 0.4) is 0 Å². The van der Waals surface area contributed by atoms with E-state index in [9.17, 15) is 9.59 Å². The van der Waals surface area contributed by atoms with Crippen molar-refractivity contribution >= 4 is 23.2 Å². The quantitative estimate of drug-likeness (QED) is 0.657. The first kappa shape index (κ1) is 19.8. The van der Waals surface area contributed by atoms with E-state index in [2.05, 4.69) is 9.97 Å². The molecule has 6 heteroatoms. The van der Waals surface area contributed by atoms with Crippen LogP contribution in [-0.2, 0) is 4.79 Å². The zero-order chi connectivity index (χ0) is 21.3. The van der Waals surface area contributed by atoms with Crippen molar-refractivity contribution in [2.45, 2.75) is 39.3 Å². The molecule has 30 heavy (non-hydrogen) atoms. The molecule has 0 fully saturated rings. The number of amides is 2. The second-order valence-electron chi connectivity index (χ2n) is 7.60. The van der Waals surface area contributed by atoms with Crippen molar-refractivity contribution in [2.75, 3.05) is 9.80 Å². The number of nitrogens with zero attached hydrogens (tertiary/aromatic N) is 4. The fourth-order valence-corrected chi connectivity index (χ4v) is 4.13. The molecule has 3 aromatic rings. The molecular weight excluding hydrogens is 376 g/mol. The van der Waals surface area contributed by atoms with Crippen molar-refractivity contribution in [3.05, 3.63) is 83.9 Å². The van der Waals surface area contributed by atoms with Crippen molar-refractivity contribution < 1.29 is 9.59 Å². The first-order valence-corrected chi connectivity index (χ1v) is 10.0. The molecule has 2 amide bonds. The van der Waals surface area contributed by atoms with Crippen LogP contribution in [0.15, 0.2) is 67.0 Å². The Kier molecular flexibility index (Phi) is 5.31. The predicted octanol–water partition coefficient (Wildman–Crippen LogP) is 4.32. The monoisotopic (exact) mass is 400 g/mol. The summed E-state index contributed by atoms with van der Waals surface area (Å²) < 4.78 is 0. The number of fused-ring (bicyclic) bond motifs is 1. The molecule has 0 spiro atoms. The van der Waals surface area contributed by atoms with E-state index in [0.29, 0.717) is 12.1 Å². The van der Waals surface area contributed by atoms with Gasteiger partial charge in [-0.2, -0.15) is 0 Å². The van der Waals surface area contributed by atoms with E-state index in [1.807, 2.05) is 73.3 Å². The highest BCUT2D eigenvalue weighted by Crippen LogP contribution is 2.42. The Bertz CT molecular complexity index is 1070. The summed E-state index contributed by atoms with van der Waals surface area (Å²) in [5, 5.41) is 0. The van der Waals surface area contributed by atoms with E-state index in [1.54, 1.807) is 18.0 Å². The van der Waals surface area contributed by atoms with Crippen LogP contribution < -0.4 is 9.80 Å². The van der Waals surface area contributed by atoms with E-state index in [1.165, 1.54) is 6.20 Å². The number of hydrogen-bond acceptors (Lipinski definition) is 4. The van der Waals surface area contributed by atoms with E-state index >= 15 is 0 Å². The maximum Gasteiger partial charge on any atom is 0.278 e. The Morgan fingerprint density at radius 3 is 2.37 bits per heavy atom. The summed E-state index contributed by atoms with van der Waals surface area (Å²) in [5.41, 5.74) is 3.67. The number of aryl methyl sites for hydroxylation is 1. The van der Waals surface area contributed by atoms with E-state index in [-0.39, 0.29) is 23.9 Å². The van der Waals surface area contributed by atoms with Crippen molar-refractivity contribution in [2.24, 2.45) is 0 Å². The fraction of sp³-hybridized carbons (Fsp3) is 0.250. The summed E-state index contributed by atoms with van der Waals surface area (Å²) in [6.45, 7) is 5.43. The zero-order valence-corrected chi connectivity index (χ0v) is 17.3. The zero-order valence-electron chi connectivity index (χ0n) is 17.3. The van der Waals surface area contributed by atoms with Crippen LogP contribution in [0.1, 0.15) is 48.1 Å². The van der Waals surface area contributed by atoms with Crippen LogP contribution in [-0.4, -0.2) is 27.8 Å². The molecule has 0 unspecified atom stereocenters. The molecule has 6 nitrogen and oxygen atoms in total. The third kappa shape index (κ3) is 3.56.